The first kappa shape index (κ1) is 17.7. The summed E-state index contributed by atoms with van der Waals surface area (Å²) in [4.78, 5) is 45.5. The van der Waals surface area contributed by atoms with E-state index < -0.39 is 36.3 Å². The third-order valence-electron chi connectivity index (χ3n) is 2.22. The van der Waals surface area contributed by atoms with Gasteiger partial charge in [0.1, 0.15) is 12.6 Å². The molecular weight excluding hydrogens is 268 g/mol. The molecule has 0 aromatic heterocycles. The van der Waals surface area contributed by atoms with Gasteiger partial charge in [-0.3, -0.25) is 9.59 Å². The highest BCUT2D eigenvalue weighted by molar-refractivity contribution is 5.89. The van der Waals surface area contributed by atoms with Crippen molar-refractivity contribution in [1.82, 2.24) is 10.2 Å². The first-order valence-electron chi connectivity index (χ1n) is 5.98. The third-order valence-corrected chi connectivity index (χ3v) is 2.22. The van der Waals surface area contributed by atoms with Crippen molar-refractivity contribution in [2.45, 2.75) is 26.3 Å². The van der Waals surface area contributed by atoms with Gasteiger partial charge in [-0.25, -0.2) is 9.59 Å². The van der Waals surface area contributed by atoms with Crippen LogP contribution in [0.5, 0.6) is 0 Å². The zero-order valence-corrected chi connectivity index (χ0v) is 11.5. The van der Waals surface area contributed by atoms with Crippen molar-refractivity contribution in [3.63, 3.8) is 0 Å². The van der Waals surface area contributed by atoms with Crippen molar-refractivity contribution in [2.75, 3.05) is 13.1 Å². The molecule has 0 bridgehead atoms. The summed E-state index contributed by atoms with van der Waals surface area (Å²) in [5.74, 6) is -2.91. The number of nitrogens with zero attached hydrogens (tertiary/aromatic N) is 1. The highest BCUT2D eigenvalue weighted by Gasteiger charge is 2.25. The van der Waals surface area contributed by atoms with Gasteiger partial charge in [0.15, 0.2) is 0 Å². The normalized spacial score (nSPS) is 11.8. The Morgan fingerprint density at radius 2 is 1.70 bits per heavy atom. The maximum absolute atomic E-state index is 11.9. The highest BCUT2D eigenvalue weighted by Crippen LogP contribution is 2.01. The van der Waals surface area contributed by atoms with Crippen molar-refractivity contribution >= 4 is 23.8 Å². The zero-order valence-electron chi connectivity index (χ0n) is 11.5. The Kier molecular flexibility index (Phi) is 7.05. The van der Waals surface area contributed by atoms with E-state index in [0.717, 1.165) is 4.90 Å². The van der Waals surface area contributed by atoms with Crippen LogP contribution in [0.3, 0.4) is 0 Å². The monoisotopic (exact) mass is 288 g/mol. The lowest BCUT2D eigenvalue weighted by molar-refractivity contribution is -0.140. The molecule has 0 radical (unpaired) electrons. The van der Waals surface area contributed by atoms with Gasteiger partial charge in [0, 0.05) is 6.54 Å². The summed E-state index contributed by atoms with van der Waals surface area (Å²) in [7, 11) is 0. The molecule has 1 atom stereocenters. The molecule has 0 aromatic carbocycles. The van der Waals surface area contributed by atoms with Crippen molar-refractivity contribution in [1.29, 1.82) is 0 Å². The van der Waals surface area contributed by atoms with E-state index in [-0.39, 0.29) is 19.0 Å². The van der Waals surface area contributed by atoms with Crippen molar-refractivity contribution in [3.8, 4) is 0 Å². The molecule has 0 saturated heterocycles. The Hall–Kier alpha value is -2.32. The molecule has 0 aliphatic rings. The third kappa shape index (κ3) is 7.19. The summed E-state index contributed by atoms with van der Waals surface area (Å²) < 4.78 is 0. The minimum atomic E-state index is -1.44. The maximum Gasteiger partial charge on any atom is 0.326 e. The van der Waals surface area contributed by atoms with Crippen molar-refractivity contribution < 1.29 is 24.3 Å². The number of aliphatic carboxylic acids is 1. The number of carboxylic acids is 1. The van der Waals surface area contributed by atoms with Crippen LogP contribution in [0, 0.1) is 5.92 Å². The van der Waals surface area contributed by atoms with Gasteiger partial charge in [-0.1, -0.05) is 13.8 Å². The summed E-state index contributed by atoms with van der Waals surface area (Å²) in [6.45, 7) is 3.52. The quantitative estimate of drug-likeness (QED) is 0.426. The molecule has 0 saturated carbocycles. The largest absolute Gasteiger partial charge is 0.480 e. The lowest BCUT2D eigenvalue weighted by Crippen LogP contribution is -2.51. The number of hydrogen-bond acceptors (Lipinski definition) is 4. The molecule has 20 heavy (non-hydrogen) atoms. The molecule has 0 fully saturated rings. The molecule has 0 rings (SSSR count). The molecule has 0 aliphatic carbocycles. The van der Waals surface area contributed by atoms with E-state index in [2.05, 4.69) is 5.32 Å². The van der Waals surface area contributed by atoms with Crippen LogP contribution in [0.4, 0.5) is 4.79 Å². The fraction of sp³-hybridized carbons (Fsp3) is 0.636. The molecule has 0 aromatic rings. The van der Waals surface area contributed by atoms with Gasteiger partial charge in [0.05, 0.1) is 6.42 Å². The summed E-state index contributed by atoms with van der Waals surface area (Å²) in [6, 6.07) is -2.23. The predicted molar refractivity (Wildman–Crippen MR) is 69.4 cm³/mol. The molecule has 0 spiro atoms. The van der Waals surface area contributed by atoms with Gasteiger partial charge < -0.3 is 26.8 Å². The van der Waals surface area contributed by atoms with Crippen LogP contribution < -0.4 is 16.8 Å². The molecule has 6 N–H and O–H groups in total. The first-order valence-corrected chi connectivity index (χ1v) is 5.98. The van der Waals surface area contributed by atoms with Crippen molar-refractivity contribution in [3.05, 3.63) is 0 Å². The number of amides is 4. The zero-order chi connectivity index (χ0) is 15.9. The fourth-order valence-electron chi connectivity index (χ4n) is 1.49. The second-order valence-electron chi connectivity index (χ2n) is 4.75. The summed E-state index contributed by atoms with van der Waals surface area (Å²) >= 11 is 0. The predicted octanol–water partition coefficient (Wildman–Crippen LogP) is -1.53. The summed E-state index contributed by atoms with van der Waals surface area (Å²) in [5.41, 5.74) is 9.93. The van der Waals surface area contributed by atoms with Gasteiger partial charge in [0.2, 0.25) is 11.8 Å². The Morgan fingerprint density at radius 1 is 1.15 bits per heavy atom. The molecular formula is C11H20N4O5. The number of carbonyl (C=O) groups excluding carboxylic acids is 3. The van der Waals surface area contributed by atoms with E-state index in [9.17, 15) is 19.2 Å². The first-order chi connectivity index (χ1) is 9.13. The molecule has 4 amide bonds. The van der Waals surface area contributed by atoms with E-state index in [0.29, 0.717) is 0 Å². The average molecular weight is 288 g/mol. The standard InChI is InChI=1S/C11H20N4O5/c1-6(2)4-15(5-9(13)17)11(20)14-7(10(18)19)3-8(12)16/h6-7H,3-5H2,1-2H3,(H2,12,16)(H2,13,17)(H,14,20)(H,18,19)/t7-/m0/s1. The number of rotatable bonds is 8. The van der Waals surface area contributed by atoms with E-state index >= 15 is 0 Å². The van der Waals surface area contributed by atoms with Crippen LogP contribution in [0.25, 0.3) is 0 Å². The van der Waals surface area contributed by atoms with Gasteiger partial charge in [-0.05, 0) is 5.92 Å². The second-order valence-corrected chi connectivity index (χ2v) is 4.75. The van der Waals surface area contributed by atoms with E-state index in [1.807, 2.05) is 13.8 Å². The molecule has 114 valence electrons. The number of urea groups is 1. The van der Waals surface area contributed by atoms with Crippen LogP contribution in [-0.4, -0.2) is 53.0 Å². The number of nitrogens with two attached hydrogens (primary N) is 2. The molecule has 0 heterocycles. The second kappa shape index (κ2) is 7.97. The lowest BCUT2D eigenvalue weighted by Gasteiger charge is -2.25. The van der Waals surface area contributed by atoms with E-state index in [1.54, 1.807) is 0 Å². The molecule has 0 aliphatic heterocycles. The van der Waals surface area contributed by atoms with Gasteiger partial charge in [0.25, 0.3) is 0 Å². The smallest absolute Gasteiger partial charge is 0.326 e. The minimum absolute atomic E-state index is 0.0551. The number of hydrogen-bond donors (Lipinski definition) is 4. The number of carboxylic acid groups (broad SMARTS) is 1. The SMILES string of the molecule is CC(C)CN(CC(N)=O)C(=O)N[C@@H](CC(N)=O)C(=O)O. The number of carbonyl (C=O) groups is 4. The van der Waals surface area contributed by atoms with Crippen LogP contribution in [0.2, 0.25) is 0 Å². The number of primary amides is 2. The van der Waals surface area contributed by atoms with Crippen LogP contribution >= 0.6 is 0 Å². The average Bonchev–Trinajstić information content (AvgIpc) is 2.24. The van der Waals surface area contributed by atoms with Gasteiger partial charge in [-0.2, -0.15) is 0 Å². The molecule has 9 heteroatoms. The minimum Gasteiger partial charge on any atom is -0.480 e. The lowest BCUT2D eigenvalue weighted by atomic mass is 10.2. The molecule has 9 nitrogen and oxygen atoms in total. The Morgan fingerprint density at radius 3 is 2.05 bits per heavy atom. The van der Waals surface area contributed by atoms with Crippen LogP contribution in [-0.2, 0) is 14.4 Å². The number of nitrogens with one attached hydrogen (secondary N) is 1. The van der Waals surface area contributed by atoms with Crippen LogP contribution in [0.15, 0.2) is 0 Å². The van der Waals surface area contributed by atoms with Gasteiger partial charge in [-0.15, -0.1) is 0 Å². The molecule has 0 unspecified atom stereocenters. The van der Waals surface area contributed by atoms with Crippen LogP contribution in [0.1, 0.15) is 20.3 Å². The highest BCUT2D eigenvalue weighted by atomic mass is 16.4. The maximum atomic E-state index is 11.9. The van der Waals surface area contributed by atoms with Crippen molar-refractivity contribution in [2.24, 2.45) is 17.4 Å². The Balaban J connectivity index is 4.81. The summed E-state index contributed by atoms with van der Waals surface area (Å²) in [6.07, 6.45) is -0.535. The topological polar surface area (TPSA) is 156 Å². The fourth-order valence-corrected chi connectivity index (χ4v) is 1.49. The Bertz CT molecular complexity index is 396. The van der Waals surface area contributed by atoms with E-state index in [1.165, 1.54) is 0 Å². The summed E-state index contributed by atoms with van der Waals surface area (Å²) in [5, 5.41) is 11.0. The van der Waals surface area contributed by atoms with E-state index in [4.69, 9.17) is 16.6 Å². The Labute approximate surface area is 116 Å². The van der Waals surface area contributed by atoms with Gasteiger partial charge >= 0.3 is 12.0 Å².